The molecule has 0 radical (unpaired) electrons. The monoisotopic (exact) mass is 314 g/mol. The predicted molar refractivity (Wildman–Crippen MR) is 88.2 cm³/mol. The molecule has 0 saturated carbocycles. The molecule has 0 saturated heterocycles. The van der Waals surface area contributed by atoms with Crippen LogP contribution in [0.3, 0.4) is 0 Å². The van der Waals surface area contributed by atoms with Crippen LogP contribution in [-0.2, 0) is 0 Å². The van der Waals surface area contributed by atoms with E-state index in [0.717, 1.165) is 0 Å². The lowest BCUT2D eigenvalue weighted by Gasteiger charge is -2.10. The summed E-state index contributed by atoms with van der Waals surface area (Å²) in [5.74, 6) is 1.14. The number of carbonyl (C=O) groups is 1. The first kappa shape index (κ1) is 16.3. The van der Waals surface area contributed by atoms with Gasteiger partial charge in [-0.05, 0) is 18.2 Å². The average molecular weight is 314 g/mol. The largest absolute Gasteiger partial charge is 0.493 e. The summed E-state index contributed by atoms with van der Waals surface area (Å²) in [6.45, 7) is 4.11. The molecule has 120 valence electrons. The summed E-state index contributed by atoms with van der Waals surface area (Å²) in [6, 6.07) is 6.65. The normalized spacial score (nSPS) is 9.83. The molecule has 0 aliphatic heterocycles. The van der Waals surface area contributed by atoms with Crippen LogP contribution in [0.4, 0.5) is 11.6 Å². The zero-order valence-electron chi connectivity index (χ0n) is 13.0. The number of ether oxygens (including phenoxy) is 2. The molecule has 2 rings (SSSR count). The molecule has 1 amide bonds. The number of carbonyl (C=O) groups excluding carboxylic acids is 1. The quantitative estimate of drug-likeness (QED) is 0.763. The van der Waals surface area contributed by atoms with E-state index in [-0.39, 0.29) is 11.6 Å². The second-order valence-corrected chi connectivity index (χ2v) is 4.46. The number of methoxy groups -OCH3 is 2. The third-order valence-corrected chi connectivity index (χ3v) is 2.93. The number of nitrogens with zero attached hydrogens (tertiary/aromatic N) is 2. The van der Waals surface area contributed by atoms with Crippen LogP contribution in [0, 0.1) is 0 Å². The fraction of sp³-hybridized carbons (Fsp3) is 0.188. The van der Waals surface area contributed by atoms with Crippen molar-refractivity contribution in [2.75, 3.05) is 31.4 Å². The number of anilines is 2. The first-order valence-electron chi connectivity index (χ1n) is 6.89. The van der Waals surface area contributed by atoms with Gasteiger partial charge in [-0.1, -0.05) is 6.08 Å². The highest BCUT2D eigenvalue weighted by Crippen LogP contribution is 2.29. The Morgan fingerprint density at radius 1 is 1.26 bits per heavy atom. The second kappa shape index (κ2) is 7.79. The van der Waals surface area contributed by atoms with Gasteiger partial charge in [-0.25, -0.2) is 9.97 Å². The van der Waals surface area contributed by atoms with Gasteiger partial charge < -0.3 is 20.1 Å². The molecule has 0 atom stereocenters. The Labute approximate surface area is 134 Å². The maximum atomic E-state index is 12.3. The molecule has 0 aliphatic rings. The van der Waals surface area contributed by atoms with Gasteiger partial charge in [0.1, 0.15) is 5.69 Å². The van der Waals surface area contributed by atoms with Gasteiger partial charge in [0, 0.05) is 24.5 Å². The Morgan fingerprint density at radius 3 is 2.74 bits per heavy atom. The maximum absolute atomic E-state index is 12.3. The Balaban J connectivity index is 2.14. The maximum Gasteiger partial charge on any atom is 0.274 e. The van der Waals surface area contributed by atoms with Gasteiger partial charge in [0.15, 0.2) is 11.5 Å². The van der Waals surface area contributed by atoms with Crippen molar-refractivity contribution in [2.24, 2.45) is 0 Å². The van der Waals surface area contributed by atoms with E-state index in [2.05, 4.69) is 27.2 Å². The van der Waals surface area contributed by atoms with Gasteiger partial charge in [-0.3, -0.25) is 4.79 Å². The van der Waals surface area contributed by atoms with E-state index in [1.165, 1.54) is 19.4 Å². The highest BCUT2D eigenvalue weighted by molar-refractivity contribution is 6.03. The summed E-state index contributed by atoms with van der Waals surface area (Å²) < 4.78 is 10.4. The van der Waals surface area contributed by atoms with Gasteiger partial charge in [-0.15, -0.1) is 6.58 Å². The summed E-state index contributed by atoms with van der Waals surface area (Å²) in [4.78, 5) is 20.4. The first-order chi connectivity index (χ1) is 11.2. The van der Waals surface area contributed by atoms with E-state index in [4.69, 9.17) is 9.47 Å². The number of amides is 1. The minimum absolute atomic E-state index is 0.251. The molecule has 0 spiro atoms. The van der Waals surface area contributed by atoms with Crippen LogP contribution in [0.25, 0.3) is 0 Å². The minimum Gasteiger partial charge on any atom is -0.493 e. The third-order valence-electron chi connectivity index (χ3n) is 2.93. The molecule has 2 aromatic rings. The number of hydrogen-bond acceptors (Lipinski definition) is 6. The molecule has 1 aromatic heterocycles. The van der Waals surface area contributed by atoms with E-state index < -0.39 is 0 Å². The van der Waals surface area contributed by atoms with E-state index >= 15 is 0 Å². The molecule has 0 bridgehead atoms. The minimum atomic E-state index is -0.346. The van der Waals surface area contributed by atoms with E-state index in [1.807, 2.05) is 0 Å². The van der Waals surface area contributed by atoms with Crippen molar-refractivity contribution in [3.63, 3.8) is 0 Å². The van der Waals surface area contributed by atoms with Crippen LogP contribution in [0.5, 0.6) is 11.5 Å². The SMILES string of the molecule is C=CCNc1nccc(C(=O)Nc2ccc(OC)c(OC)c2)n1. The highest BCUT2D eigenvalue weighted by Gasteiger charge is 2.11. The fourth-order valence-electron chi connectivity index (χ4n) is 1.84. The highest BCUT2D eigenvalue weighted by atomic mass is 16.5. The van der Waals surface area contributed by atoms with Crippen molar-refractivity contribution in [2.45, 2.75) is 0 Å². The van der Waals surface area contributed by atoms with E-state index in [9.17, 15) is 4.79 Å². The number of benzene rings is 1. The Morgan fingerprint density at radius 2 is 2.04 bits per heavy atom. The van der Waals surface area contributed by atoms with Crippen LogP contribution < -0.4 is 20.1 Å². The summed E-state index contributed by atoms with van der Waals surface area (Å²) in [6.07, 6.45) is 3.20. The van der Waals surface area contributed by atoms with Gasteiger partial charge in [0.05, 0.1) is 14.2 Å². The smallest absolute Gasteiger partial charge is 0.274 e. The average Bonchev–Trinajstić information content (AvgIpc) is 2.60. The lowest BCUT2D eigenvalue weighted by molar-refractivity contribution is 0.102. The van der Waals surface area contributed by atoms with Crippen molar-refractivity contribution < 1.29 is 14.3 Å². The number of rotatable bonds is 7. The molecular formula is C16H18N4O3. The Hall–Kier alpha value is -3.09. The molecule has 1 heterocycles. The Kier molecular flexibility index (Phi) is 5.51. The molecule has 23 heavy (non-hydrogen) atoms. The first-order valence-corrected chi connectivity index (χ1v) is 6.89. The number of nitrogens with one attached hydrogen (secondary N) is 2. The summed E-state index contributed by atoms with van der Waals surface area (Å²) in [5, 5.41) is 5.68. The van der Waals surface area contributed by atoms with Crippen molar-refractivity contribution in [3.05, 3.63) is 48.8 Å². The van der Waals surface area contributed by atoms with Crippen molar-refractivity contribution in [1.29, 1.82) is 0 Å². The van der Waals surface area contributed by atoms with Gasteiger partial charge in [-0.2, -0.15) is 0 Å². The van der Waals surface area contributed by atoms with Crippen molar-refractivity contribution >= 4 is 17.5 Å². The van der Waals surface area contributed by atoms with E-state index in [1.54, 1.807) is 31.4 Å². The molecule has 0 unspecified atom stereocenters. The molecule has 0 aliphatic carbocycles. The van der Waals surface area contributed by atoms with Crippen LogP contribution in [0.1, 0.15) is 10.5 Å². The molecule has 0 fully saturated rings. The van der Waals surface area contributed by atoms with Crippen LogP contribution in [0.2, 0.25) is 0 Å². The van der Waals surface area contributed by atoms with Gasteiger partial charge >= 0.3 is 0 Å². The molecule has 1 aromatic carbocycles. The van der Waals surface area contributed by atoms with Crippen LogP contribution in [-0.4, -0.2) is 36.6 Å². The topological polar surface area (TPSA) is 85.4 Å². The van der Waals surface area contributed by atoms with Crippen molar-refractivity contribution in [3.8, 4) is 11.5 Å². The van der Waals surface area contributed by atoms with Crippen LogP contribution >= 0.6 is 0 Å². The molecular weight excluding hydrogens is 296 g/mol. The standard InChI is InChI=1S/C16H18N4O3/c1-4-8-17-16-18-9-7-12(20-16)15(21)19-11-5-6-13(22-2)14(10-11)23-3/h4-7,9-10H,1,8H2,2-3H3,(H,19,21)(H,17,18,20). The number of hydrogen-bond donors (Lipinski definition) is 2. The summed E-state index contributed by atoms with van der Waals surface area (Å²) in [7, 11) is 3.08. The summed E-state index contributed by atoms with van der Waals surface area (Å²) >= 11 is 0. The van der Waals surface area contributed by atoms with E-state index in [0.29, 0.717) is 29.7 Å². The zero-order valence-corrected chi connectivity index (χ0v) is 13.0. The van der Waals surface area contributed by atoms with Crippen molar-refractivity contribution in [1.82, 2.24) is 9.97 Å². The zero-order chi connectivity index (χ0) is 16.7. The summed E-state index contributed by atoms with van der Waals surface area (Å²) in [5.41, 5.74) is 0.827. The molecule has 7 nitrogen and oxygen atoms in total. The lowest BCUT2D eigenvalue weighted by atomic mass is 10.2. The van der Waals surface area contributed by atoms with Gasteiger partial charge in [0.2, 0.25) is 5.95 Å². The Bertz CT molecular complexity index is 703. The van der Waals surface area contributed by atoms with Crippen LogP contribution in [0.15, 0.2) is 43.1 Å². The molecule has 7 heteroatoms. The fourth-order valence-corrected chi connectivity index (χ4v) is 1.84. The molecule has 2 N–H and O–H groups in total. The number of aromatic nitrogens is 2. The van der Waals surface area contributed by atoms with Gasteiger partial charge in [0.25, 0.3) is 5.91 Å². The second-order valence-electron chi connectivity index (χ2n) is 4.46. The lowest BCUT2D eigenvalue weighted by Crippen LogP contribution is -2.15. The predicted octanol–water partition coefficient (Wildman–Crippen LogP) is 2.34. The third kappa shape index (κ3) is 4.19.